The normalized spacial score (nSPS) is 10.1. The number of nitrogens with zero attached hydrogens (tertiary/aromatic N) is 2. The van der Waals surface area contributed by atoms with Crippen LogP contribution in [-0.2, 0) is 0 Å². The number of carbonyl (C=O) groups is 1. The van der Waals surface area contributed by atoms with Gasteiger partial charge in [0.1, 0.15) is 12.0 Å². The van der Waals surface area contributed by atoms with Gasteiger partial charge < -0.3 is 9.84 Å². The molecule has 1 aromatic heterocycles. The number of nitro benzene ring substituents is 1. The molecule has 9 nitrogen and oxygen atoms in total. The third kappa shape index (κ3) is 2.72. The summed E-state index contributed by atoms with van der Waals surface area (Å²) >= 11 is 0. The molecule has 0 aliphatic rings. The molecule has 0 saturated heterocycles. The van der Waals surface area contributed by atoms with Crippen LogP contribution >= 0.6 is 0 Å². The molecule has 0 fully saturated rings. The van der Waals surface area contributed by atoms with Crippen LogP contribution in [0.1, 0.15) is 16.1 Å². The number of hydrogen-bond donors (Lipinski definition) is 3. The molecular formula is C11H11N5O4. The van der Waals surface area contributed by atoms with Crippen molar-refractivity contribution in [3.63, 3.8) is 0 Å². The Labute approximate surface area is 112 Å². The summed E-state index contributed by atoms with van der Waals surface area (Å²) in [6.45, 7) is 1.71. The summed E-state index contributed by atoms with van der Waals surface area (Å²) in [6, 6.07) is 3.81. The number of amides is 1. The zero-order valence-electron chi connectivity index (χ0n) is 10.4. The number of nitro groups is 1. The van der Waals surface area contributed by atoms with Crippen molar-refractivity contribution in [1.29, 1.82) is 0 Å². The topological polar surface area (TPSA) is 136 Å². The monoisotopic (exact) mass is 277 g/mol. The van der Waals surface area contributed by atoms with Crippen LogP contribution in [0, 0.1) is 17.0 Å². The van der Waals surface area contributed by atoms with Crippen LogP contribution in [0.3, 0.4) is 0 Å². The maximum atomic E-state index is 11.9. The lowest BCUT2D eigenvalue weighted by Gasteiger charge is -2.05. The van der Waals surface area contributed by atoms with Crippen LogP contribution in [0.4, 0.5) is 17.4 Å². The van der Waals surface area contributed by atoms with E-state index in [1.807, 2.05) is 0 Å². The van der Waals surface area contributed by atoms with Gasteiger partial charge in [-0.25, -0.2) is 0 Å². The molecular weight excluding hydrogens is 266 g/mol. The molecule has 0 aliphatic carbocycles. The molecule has 0 saturated carbocycles. The Hall–Kier alpha value is -2.94. The summed E-state index contributed by atoms with van der Waals surface area (Å²) in [4.78, 5) is 26.0. The molecule has 20 heavy (non-hydrogen) atoms. The van der Waals surface area contributed by atoms with E-state index in [4.69, 9.17) is 10.3 Å². The highest BCUT2D eigenvalue weighted by molar-refractivity contribution is 6.04. The molecule has 4 N–H and O–H groups in total. The molecule has 2 rings (SSSR count). The van der Waals surface area contributed by atoms with Gasteiger partial charge in [0, 0.05) is 11.6 Å². The SMILES string of the molecule is Cc1coc(NC(=O)c2ccc([N+](=O)[O-])c(NN)c2)n1. The molecule has 2 aromatic rings. The first-order valence-corrected chi connectivity index (χ1v) is 5.50. The Morgan fingerprint density at radius 2 is 2.25 bits per heavy atom. The smallest absolute Gasteiger partial charge is 0.301 e. The third-order valence-electron chi connectivity index (χ3n) is 2.45. The van der Waals surface area contributed by atoms with Gasteiger partial charge in [-0.15, -0.1) is 0 Å². The van der Waals surface area contributed by atoms with Crippen molar-refractivity contribution in [3.8, 4) is 0 Å². The van der Waals surface area contributed by atoms with Gasteiger partial charge in [-0.3, -0.25) is 26.1 Å². The van der Waals surface area contributed by atoms with Crippen molar-refractivity contribution in [3.05, 3.63) is 45.8 Å². The lowest BCUT2D eigenvalue weighted by Crippen LogP contribution is -2.14. The number of oxazole rings is 1. The number of rotatable bonds is 4. The molecule has 0 bridgehead atoms. The Morgan fingerprint density at radius 3 is 2.80 bits per heavy atom. The largest absolute Gasteiger partial charge is 0.432 e. The first-order valence-electron chi connectivity index (χ1n) is 5.50. The minimum Gasteiger partial charge on any atom is -0.432 e. The van der Waals surface area contributed by atoms with Crippen molar-refractivity contribution in [2.24, 2.45) is 5.84 Å². The minimum absolute atomic E-state index is 0.0336. The Kier molecular flexibility index (Phi) is 3.62. The number of aromatic nitrogens is 1. The molecule has 0 atom stereocenters. The summed E-state index contributed by atoms with van der Waals surface area (Å²) < 4.78 is 4.98. The van der Waals surface area contributed by atoms with E-state index < -0.39 is 10.8 Å². The highest BCUT2D eigenvalue weighted by Crippen LogP contribution is 2.24. The summed E-state index contributed by atoms with van der Waals surface area (Å²) in [5.41, 5.74) is 2.79. The number of nitrogens with one attached hydrogen (secondary N) is 2. The fourth-order valence-corrected chi connectivity index (χ4v) is 1.53. The van der Waals surface area contributed by atoms with Crippen molar-refractivity contribution in [2.75, 3.05) is 10.7 Å². The van der Waals surface area contributed by atoms with Gasteiger partial charge in [0.15, 0.2) is 0 Å². The van der Waals surface area contributed by atoms with Crippen molar-refractivity contribution in [2.45, 2.75) is 6.92 Å². The van der Waals surface area contributed by atoms with Gasteiger partial charge in [-0.1, -0.05) is 0 Å². The summed E-state index contributed by atoms with van der Waals surface area (Å²) in [5, 5.41) is 13.2. The summed E-state index contributed by atoms with van der Waals surface area (Å²) in [7, 11) is 0. The molecule has 104 valence electrons. The highest BCUT2D eigenvalue weighted by Gasteiger charge is 2.17. The zero-order chi connectivity index (χ0) is 14.7. The van der Waals surface area contributed by atoms with Gasteiger partial charge in [-0.2, -0.15) is 4.98 Å². The van der Waals surface area contributed by atoms with Crippen LogP contribution < -0.4 is 16.6 Å². The average Bonchev–Trinajstić information content (AvgIpc) is 2.83. The van der Waals surface area contributed by atoms with E-state index >= 15 is 0 Å². The standard InChI is InChI=1S/C11H11N5O4/c1-6-5-20-11(13-6)14-10(17)7-2-3-9(16(18)19)8(4-7)15-12/h2-5,15H,12H2,1H3,(H,13,14,17). The van der Waals surface area contributed by atoms with Crippen molar-refractivity contribution >= 4 is 23.3 Å². The molecule has 0 aliphatic heterocycles. The number of nitrogen functional groups attached to an aromatic ring is 1. The number of benzene rings is 1. The van der Waals surface area contributed by atoms with E-state index in [1.54, 1.807) is 6.92 Å². The van der Waals surface area contributed by atoms with E-state index in [0.717, 1.165) is 0 Å². The summed E-state index contributed by atoms with van der Waals surface area (Å²) in [5.74, 6) is 4.68. The second-order valence-corrected chi connectivity index (χ2v) is 3.88. The summed E-state index contributed by atoms with van der Waals surface area (Å²) in [6.07, 6.45) is 1.39. The van der Waals surface area contributed by atoms with Crippen molar-refractivity contribution < 1.29 is 14.1 Å². The first-order chi connectivity index (χ1) is 9.51. The van der Waals surface area contributed by atoms with Crippen LogP contribution in [0.5, 0.6) is 0 Å². The molecule has 1 amide bonds. The Balaban J connectivity index is 2.24. The maximum absolute atomic E-state index is 11.9. The van der Waals surface area contributed by atoms with E-state index in [-0.39, 0.29) is 23.0 Å². The molecule has 1 aromatic carbocycles. The van der Waals surface area contributed by atoms with Crippen LogP contribution in [0.25, 0.3) is 0 Å². The number of carbonyl (C=O) groups excluding carboxylic acids is 1. The molecule has 0 unspecified atom stereocenters. The Morgan fingerprint density at radius 1 is 1.50 bits per heavy atom. The number of nitrogens with two attached hydrogens (primary N) is 1. The van der Waals surface area contributed by atoms with Crippen LogP contribution in [0.2, 0.25) is 0 Å². The number of aryl methyl sites for hydroxylation is 1. The van der Waals surface area contributed by atoms with E-state index in [0.29, 0.717) is 5.69 Å². The highest BCUT2D eigenvalue weighted by atomic mass is 16.6. The molecule has 0 radical (unpaired) electrons. The fourth-order valence-electron chi connectivity index (χ4n) is 1.53. The Bertz CT molecular complexity index is 667. The number of hydrogen-bond acceptors (Lipinski definition) is 7. The van der Waals surface area contributed by atoms with Crippen LogP contribution in [0.15, 0.2) is 28.9 Å². The van der Waals surface area contributed by atoms with Gasteiger partial charge >= 0.3 is 6.01 Å². The lowest BCUT2D eigenvalue weighted by atomic mass is 10.1. The second-order valence-electron chi connectivity index (χ2n) is 3.88. The van der Waals surface area contributed by atoms with Gasteiger partial charge in [0.25, 0.3) is 11.6 Å². The van der Waals surface area contributed by atoms with Gasteiger partial charge in [0.2, 0.25) is 0 Å². The fraction of sp³-hybridized carbons (Fsp3) is 0.0909. The second kappa shape index (κ2) is 5.36. The van der Waals surface area contributed by atoms with Crippen LogP contribution in [-0.4, -0.2) is 15.8 Å². The maximum Gasteiger partial charge on any atom is 0.301 e. The number of hydrazine groups is 1. The number of anilines is 2. The van der Waals surface area contributed by atoms with E-state index in [2.05, 4.69) is 15.7 Å². The quantitative estimate of drug-likeness (QED) is 0.436. The first kappa shape index (κ1) is 13.5. The third-order valence-corrected chi connectivity index (χ3v) is 2.45. The molecule has 1 heterocycles. The van der Waals surface area contributed by atoms with E-state index in [9.17, 15) is 14.9 Å². The van der Waals surface area contributed by atoms with E-state index in [1.165, 1.54) is 24.5 Å². The molecule has 9 heteroatoms. The van der Waals surface area contributed by atoms with Gasteiger partial charge in [0.05, 0.1) is 10.6 Å². The average molecular weight is 277 g/mol. The predicted octanol–water partition coefficient (Wildman–Crippen LogP) is 1.43. The van der Waals surface area contributed by atoms with Gasteiger partial charge in [-0.05, 0) is 19.1 Å². The minimum atomic E-state index is -0.603. The zero-order valence-corrected chi connectivity index (χ0v) is 10.4. The lowest BCUT2D eigenvalue weighted by molar-refractivity contribution is -0.384. The predicted molar refractivity (Wildman–Crippen MR) is 70.1 cm³/mol. The molecule has 0 spiro atoms. The van der Waals surface area contributed by atoms with Crippen molar-refractivity contribution in [1.82, 2.24) is 4.98 Å².